The minimum Gasteiger partial charge on any atom is -0.478 e. The van der Waals surface area contributed by atoms with E-state index in [9.17, 15) is 77.0 Å². The molecule has 392 valence electrons. The maximum Gasteiger partial charge on any atom is 0.434 e. The fourth-order valence-electron chi connectivity index (χ4n) is 7.31. The third kappa shape index (κ3) is 14.6. The van der Waals surface area contributed by atoms with Gasteiger partial charge in [-0.25, -0.2) is 19.2 Å². The van der Waals surface area contributed by atoms with Crippen LogP contribution in [0.2, 0.25) is 0 Å². The van der Waals surface area contributed by atoms with Crippen LogP contribution in [0.4, 0.5) is 62.3 Å². The van der Waals surface area contributed by atoms with Crippen molar-refractivity contribution in [2.45, 2.75) is 127 Å². The number of piperazine rings is 2. The number of para-hydroxylation sites is 2. The summed E-state index contributed by atoms with van der Waals surface area (Å²) < 4.78 is 177. The van der Waals surface area contributed by atoms with Crippen LogP contribution < -0.4 is 9.47 Å². The number of carboxylic acid groups (broad SMARTS) is 1. The zero-order valence-electron chi connectivity index (χ0n) is 38.5. The summed E-state index contributed by atoms with van der Waals surface area (Å²) >= 11 is 0. The van der Waals surface area contributed by atoms with Gasteiger partial charge in [0.15, 0.2) is 0 Å². The van der Waals surface area contributed by atoms with E-state index in [1.807, 2.05) is 34.9 Å². The molecule has 6 rings (SSSR count). The Bertz CT molecular complexity index is 2160. The molecular weight excluding hydrogens is 972 g/mol. The number of hydrogen-bond donors (Lipinski definition) is 1. The van der Waals surface area contributed by atoms with Gasteiger partial charge in [-0.05, 0) is 45.7 Å². The van der Waals surface area contributed by atoms with Crippen molar-refractivity contribution in [3.8, 4) is 11.5 Å². The third-order valence-corrected chi connectivity index (χ3v) is 11.4. The van der Waals surface area contributed by atoms with Crippen LogP contribution in [-0.2, 0) is 36.9 Å². The number of carbonyl (C=O) groups is 4. The smallest absolute Gasteiger partial charge is 0.434 e. The molecule has 2 saturated carbocycles. The summed E-state index contributed by atoms with van der Waals surface area (Å²) in [6.07, 6.45) is -33.0. The van der Waals surface area contributed by atoms with Gasteiger partial charge in [-0.15, -0.1) is 0 Å². The molecule has 0 bridgehead atoms. The monoisotopic (exact) mass is 1020 g/mol. The quantitative estimate of drug-likeness (QED) is 0.123. The summed E-state index contributed by atoms with van der Waals surface area (Å²) in [6.45, 7) is 9.70. The van der Waals surface area contributed by atoms with E-state index in [4.69, 9.17) is 14.2 Å². The molecule has 2 aliphatic heterocycles. The minimum absolute atomic E-state index is 0.120. The van der Waals surface area contributed by atoms with Crippen LogP contribution in [0.25, 0.3) is 0 Å². The summed E-state index contributed by atoms with van der Waals surface area (Å²) in [6, 6.07) is 10.7. The highest BCUT2D eigenvalue weighted by atomic mass is 19.4. The van der Waals surface area contributed by atoms with E-state index >= 15 is 0 Å². The molecule has 0 radical (unpaired) electrons. The lowest BCUT2D eigenvalue weighted by Crippen LogP contribution is -2.52. The third-order valence-electron chi connectivity index (χ3n) is 11.4. The number of rotatable bonds is 12. The fourth-order valence-corrected chi connectivity index (χ4v) is 7.31. The van der Waals surface area contributed by atoms with Crippen LogP contribution in [0.5, 0.6) is 11.5 Å². The van der Waals surface area contributed by atoms with Gasteiger partial charge in [-0.2, -0.15) is 52.7 Å². The van der Waals surface area contributed by atoms with E-state index < -0.39 is 77.8 Å². The van der Waals surface area contributed by atoms with E-state index in [0.29, 0.717) is 55.8 Å². The van der Waals surface area contributed by atoms with Crippen molar-refractivity contribution < 1.29 is 101 Å². The summed E-state index contributed by atoms with van der Waals surface area (Å²) in [5.41, 5.74) is -0.0349. The van der Waals surface area contributed by atoms with Gasteiger partial charge < -0.3 is 38.6 Å². The fraction of sp³-hybridized carbons (Fsp3) is 0.636. The average Bonchev–Trinajstić information content (AvgIpc) is 4.17. The first kappa shape index (κ1) is 55.5. The topological polar surface area (TPSA) is 148 Å². The first-order valence-electron chi connectivity index (χ1n) is 21.8. The molecule has 2 aliphatic carbocycles. The van der Waals surface area contributed by atoms with Crippen LogP contribution in [-0.4, -0.2) is 155 Å². The van der Waals surface area contributed by atoms with Gasteiger partial charge in [0.05, 0.1) is 0 Å². The lowest BCUT2D eigenvalue weighted by Gasteiger charge is -2.35. The van der Waals surface area contributed by atoms with Crippen molar-refractivity contribution in [2.75, 3.05) is 52.4 Å². The van der Waals surface area contributed by atoms with Crippen molar-refractivity contribution in [1.29, 1.82) is 0 Å². The summed E-state index contributed by atoms with van der Waals surface area (Å²) in [7, 11) is 0. The number of halogens is 12. The van der Waals surface area contributed by atoms with Gasteiger partial charge in [-0.1, -0.05) is 36.4 Å². The number of alkyl halides is 12. The maximum atomic E-state index is 12.7. The summed E-state index contributed by atoms with van der Waals surface area (Å²) in [5.74, 6) is -0.555. The van der Waals surface area contributed by atoms with Gasteiger partial charge in [0.1, 0.15) is 17.1 Å². The Labute approximate surface area is 393 Å². The second kappa shape index (κ2) is 20.7. The lowest BCUT2D eigenvalue weighted by atomic mass is 10.1. The second-order valence-electron chi connectivity index (χ2n) is 18.3. The van der Waals surface area contributed by atoms with Crippen LogP contribution in [0.15, 0.2) is 36.4 Å². The second-order valence-corrected chi connectivity index (χ2v) is 18.3. The highest BCUT2D eigenvalue weighted by molar-refractivity contribution is 5.84. The first-order valence-corrected chi connectivity index (χ1v) is 21.8. The lowest BCUT2D eigenvalue weighted by molar-refractivity contribution is -0.309. The number of nitrogens with zero attached hydrogens (tertiary/aromatic N) is 4. The van der Waals surface area contributed by atoms with E-state index in [1.165, 1.54) is 0 Å². The maximum absolute atomic E-state index is 12.7. The van der Waals surface area contributed by atoms with Crippen molar-refractivity contribution in [2.24, 2.45) is 0 Å². The van der Waals surface area contributed by atoms with Gasteiger partial charge in [0, 0.05) is 102 Å². The predicted octanol–water partition coefficient (Wildman–Crippen LogP) is 8.73. The van der Waals surface area contributed by atoms with Gasteiger partial charge in [-0.3, -0.25) is 9.80 Å². The number of benzene rings is 2. The number of aryl methyl sites for hydroxylation is 2. The van der Waals surface area contributed by atoms with E-state index in [2.05, 4.69) is 9.47 Å². The first-order chi connectivity index (χ1) is 32.1. The molecule has 70 heavy (non-hydrogen) atoms. The van der Waals surface area contributed by atoms with E-state index in [-0.39, 0.29) is 52.4 Å². The molecule has 0 spiro atoms. The van der Waals surface area contributed by atoms with Crippen molar-refractivity contribution in [1.82, 2.24) is 19.6 Å². The van der Waals surface area contributed by atoms with Crippen LogP contribution >= 0.6 is 0 Å². The molecule has 26 heteroatoms. The number of hydrogen-bond acceptors (Lipinski definition) is 11. The average molecular weight is 1020 g/mol. The molecule has 2 aromatic rings. The molecular formula is C44H52F12N4O10. The number of esters is 1. The van der Waals surface area contributed by atoms with E-state index in [1.54, 1.807) is 45.9 Å². The number of carbonyl (C=O) groups excluding carboxylic acids is 3. The molecule has 0 atom stereocenters. The molecule has 4 fully saturated rings. The van der Waals surface area contributed by atoms with Crippen molar-refractivity contribution in [3.05, 3.63) is 58.7 Å². The zero-order chi connectivity index (χ0) is 52.4. The van der Waals surface area contributed by atoms with Crippen LogP contribution in [0, 0.1) is 13.8 Å². The molecule has 4 aliphatic rings. The molecule has 1 N–H and O–H groups in total. The number of carboxylic acids is 1. The Kier molecular flexibility index (Phi) is 16.5. The molecule has 14 nitrogen and oxygen atoms in total. The standard InChI is InChI=1S/C24H30F6N2O5.C20H22F6N2O5/c1-15-6-5-7-16(17(15)36-22(8-9-22)19(33)37-21(2,3)4)14-31-10-12-32(13-11-31)20(34)35-18(23(25,26)27)24(28,29)30;1-12-3-2-4-13(14(12)33-18(5-6-18)16(29)30)11-27-7-9-28(10-8-27)17(31)32-15(19(21,22)23)20(24,25)26/h5-7,18H,8-14H2,1-4H3;2-4,15H,5-11H2,1H3,(H,29,30). The Hall–Kier alpha value is -5.40. The Morgan fingerprint density at radius 3 is 1.17 bits per heavy atom. The molecule has 2 heterocycles. The summed E-state index contributed by atoms with van der Waals surface area (Å²) in [4.78, 5) is 53.4. The highest BCUT2D eigenvalue weighted by Gasteiger charge is 2.62. The van der Waals surface area contributed by atoms with Crippen LogP contribution in [0.1, 0.15) is 68.7 Å². The molecule has 0 unspecified atom stereocenters. The normalized spacial score (nSPS) is 18.7. The molecule has 2 saturated heterocycles. The number of ether oxygens (including phenoxy) is 5. The molecule has 2 aromatic carbocycles. The zero-order valence-corrected chi connectivity index (χ0v) is 38.5. The largest absolute Gasteiger partial charge is 0.478 e. The summed E-state index contributed by atoms with van der Waals surface area (Å²) in [5, 5.41) is 9.39. The SMILES string of the molecule is Cc1cccc(CN2CCN(C(=O)OC(C(F)(F)F)C(F)(F)F)CC2)c1OC1(C(=O)O)CC1.Cc1cccc(CN2CCN(C(=O)OC(C(F)(F)F)C(F)(F)F)CC2)c1OC1(C(=O)OC(C)(C)C)CC1. The van der Waals surface area contributed by atoms with Crippen molar-refractivity contribution >= 4 is 24.1 Å². The minimum atomic E-state index is -5.77. The molecule has 2 amide bonds. The predicted molar refractivity (Wildman–Crippen MR) is 219 cm³/mol. The Morgan fingerprint density at radius 1 is 0.557 bits per heavy atom. The van der Waals surface area contributed by atoms with Crippen molar-refractivity contribution in [3.63, 3.8) is 0 Å². The molecule has 0 aromatic heterocycles. The van der Waals surface area contributed by atoms with E-state index in [0.717, 1.165) is 26.5 Å². The van der Waals surface area contributed by atoms with Gasteiger partial charge in [0.2, 0.25) is 11.2 Å². The van der Waals surface area contributed by atoms with Gasteiger partial charge in [0.25, 0.3) is 12.2 Å². The highest BCUT2D eigenvalue weighted by Crippen LogP contribution is 2.45. The Morgan fingerprint density at radius 2 is 0.886 bits per heavy atom. The van der Waals surface area contributed by atoms with Gasteiger partial charge >= 0.3 is 48.8 Å². The number of aliphatic carboxylic acids is 1. The van der Waals surface area contributed by atoms with Crippen LogP contribution in [0.3, 0.4) is 0 Å². The Balaban J connectivity index is 0.000000262. The number of amides is 2.